The van der Waals surface area contributed by atoms with Gasteiger partial charge in [0.05, 0.1) is 6.10 Å². The van der Waals surface area contributed by atoms with Crippen LogP contribution in [0.3, 0.4) is 0 Å². The lowest BCUT2D eigenvalue weighted by Crippen LogP contribution is -2.09. The van der Waals surface area contributed by atoms with Crippen molar-refractivity contribution in [2.75, 3.05) is 6.16 Å². The fraction of sp³-hybridized carbons (Fsp3) is 0.833. The summed E-state index contributed by atoms with van der Waals surface area (Å²) in [6.45, 7) is 1.63. The minimum atomic E-state index is -0.478. The van der Waals surface area contributed by atoms with Crippen LogP contribution in [0.15, 0.2) is 0 Å². The fourth-order valence-corrected chi connectivity index (χ4v) is 0.915. The van der Waals surface area contributed by atoms with Gasteiger partial charge in [-0.15, -0.1) is 9.24 Å². The van der Waals surface area contributed by atoms with Crippen molar-refractivity contribution in [3.05, 3.63) is 0 Å². The van der Waals surface area contributed by atoms with Crippen molar-refractivity contribution < 1.29 is 9.90 Å². The number of hydrogen-bond donors (Lipinski definition) is 1. The van der Waals surface area contributed by atoms with Crippen LogP contribution in [-0.2, 0) is 4.79 Å². The van der Waals surface area contributed by atoms with Crippen LogP contribution in [0, 0.1) is 0 Å². The molecule has 0 aromatic heterocycles. The van der Waals surface area contributed by atoms with Crippen LogP contribution < -0.4 is 0 Å². The SMILES string of the molecule is C[C@H](O)CC(=O)CCP. The molecule has 1 N–H and O–H groups in total. The highest BCUT2D eigenvalue weighted by atomic mass is 31.0. The number of rotatable bonds is 4. The van der Waals surface area contributed by atoms with Gasteiger partial charge in [-0.3, -0.25) is 4.79 Å². The van der Waals surface area contributed by atoms with Gasteiger partial charge in [-0.2, -0.15) is 0 Å². The van der Waals surface area contributed by atoms with Crippen molar-refractivity contribution in [3.8, 4) is 0 Å². The standard InChI is InChI=1S/C6H13O2P/c1-5(7)4-6(8)2-3-9/h5,7H,2-4,9H2,1H3/t5-/m0/s1. The first-order valence-corrected chi connectivity index (χ1v) is 3.88. The maximum absolute atomic E-state index is 10.7. The first kappa shape index (κ1) is 9.06. The normalized spacial score (nSPS) is 13.2. The highest BCUT2D eigenvalue weighted by Crippen LogP contribution is 1.97. The number of ketones is 1. The Morgan fingerprint density at radius 3 is 2.67 bits per heavy atom. The van der Waals surface area contributed by atoms with Crippen molar-refractivity contribution in [2.45, 2.75) is 25.9 Å². The zero-order valence-electron chi connectivity index (χ0n) is 5.63. The molecule has 0 rings (SSSR count). The predicted molar refractivity (Wildman–Crippen MR) is 40.5 cm³/mol. The Morgan fingerprint density at radius 2 is 2.33 bits per heavy atom. The summed E-state index contributed by atoms with van der Waals surface area (Å²) < 4.78 is 0. The largest absolute Gasteiger partial charge is 0.393 e. The van der Waals surface area contributed by atoms with Crippen molar-refractivity contribution in [3.63, 3.8) is 0 Å². The van der Waals surface area contributed by atoms with E-state index in [9.17, 15) is 4.79 Å². The Labute approximate surface area is 57.8 Å². The van der Waals surface area contributed by atoms with Gasteiger partial charge in [0.15, 0.2) is 0 Å². The Morgan fingerprint density at radius 1 is 1.78 bits per heavy atom. The third-order valence-electron chi connectivity index (χ3n) is 0.946. The fourth-order valence-electron chi connectivity index (χ4n) is 0.593. The minimum absolute atomic E-state index is 0.139. The van der Waals surface area contributed by atoms with Gasteiger partial charge in [0.2, 0.25) is 0 Å². The average Bonchev–Trinajstić information content (AvgIpc) is 1.63. The zero-order chi connectivity index (χ0) is 7.28. The minimum Gasteiger partial charge on any atom is -0.393 e. The molecule has 0 amide bonds. The molecule has 0 aromatic carbocycles. The molecule has 0 saturated carbocycles. The molecule has 1 unspecified atom stereocenters. The van der Waals surface area contributed by atoms with E-state index < -0.39 is 6.10 Å². The summed E-state index contributed by atoms with van der Waals surface area (Å²) in [5.41, 5.74) is 0. The van der Waals surface area contributed by atoms with Crippen LogP contribution in [0.1, 0.15) is 19.8 Å². The molecule has 0 radical (unpaired) electrons. The molecule has 0 spiro atoms. The predicted octanol–water partition coefficient (Wildman–Crippen LogP) is 0.592. The van der Waals surface area contributed by atoms with E-state index >= 15 is 0 Å². The molecule has 0 saturated heterocycles. The quantitative estimate of drug-likeness (QED) is 0.592. The molecule has 0 aromatic rings. The molecule has 0 aliphatic rings. The second-order valence-electron chi connectivity index (χ2n) is 2.13. The van der Waals surface area contributed by atoms with E-state index in [0.717, 1.165) is 6.16 Å². The van der Waals surface area contributed by atoms with Crippen molar-refractivity contribution in [1.82, 2.24) is 0 Å². The van der Waals surface area contributed by atoms with E-state index in [1.165, 1.54) is 0 Å². The van der Waals surface area contributed by atoms with Gasteiger partial charge < -0.3 is 5.11 Å². The third-order valence-corrected chi connectivity index (χ3v) is 1.23. The first-order valence-electron chi connectivity index (χ1n) is 3.06. The van der Waals surface area contributed by atoms with Gasteiger partial charge in [-0.05, 0) is 13.1 Å². The number of aliphatic hydroxyl groups is 1. The van der Waals surface area contributed by atoms with Gasteiger partial charge in [0.25, 0.3) is 0 Å². The van der Waals surface area contributed by atoms with E-state index in [2.05, 4.69) is 9.24 Å². The Balaban J connectivity index is 3.27. The van der Waals surface area contributed by atoms with E-state index in [1.54, 1.807) is 6.92 Å². The van der Waals surface area contributed by atoms with Crippen LogP contribution in [0.4, 0.5) is 0 Å². The molecular weight excluding hydrogens is 135 g/mol. The first-order chi connectivity index (χ1) is 4.16. The maximum Gasteiger partial charge on any atom is 0.135 e. The second-order valence-corrected chi connectivity index (χ2v) is 2.71. The summed E-state index contributed by atoms with van der Waals surface area (Å²) in [4.78, 5) is 10.7. The molecule has 0 aliphatic carbocycles. The summed E-state index contributed by atoms with van der Waals surface area (Å²) in [5.74, 6) is 0.139. The van der Waals surface area contributed by atoms with Gasteiger partial charge in [0, 0.05) is 12.8 Å². The molecule has 3 heteroatoms. The molecule has 9 heavy (non-hydrogen) atoms. The van der Waals surface area contributed by atoms with Gasteiger partial charge in [-0.25, -0.2) is 0 Å². The molecular formula is C6H13O2P. The highest BCUT2D eigenvalue weighted by Gasteiger charge is 2.03. The third kappa shape index (κ3) is 5.94. The van der Waals surface area contributed by atoms with Crippen LogP contribution in [0.5, 0.6) is 0 Å². The van der Waals surface area contributed by atoms with Gasteiger partial charge in [-0.1, -0.05) is 0 Å². The van der Waals surface area contributed by atoms with E-state index in [1.807, 2.05) is 0 Å². The number of hydrogen-bond acceptors (Lipinski definition) is 2. The van der Waals surface area contributed by atoms with Crippen LogP contribution in [0.25, 0.3) is 0 Å². The highest BCUT2D eigenvalue weighted by molar-refractivity contribution is 7.16. The maximum atomic E-state index is 10.7. The molecule has 0 bridgehead atoms. The molecule has 54 valence electrons. The number of Topliss-reactive ketones (excluding diaryl/α,β-unsaturated/α-hetero) is 1. The van der Waals surface area contributed by atoms with Crippen LogP contribution >= 0.6 is 9.24 Å². The molecule has 0 heterocycles. The number of carbonyl (C=O) groups is 1. The zero-order valence-corrected chi connectivity index (χ0v) is 6.79. The summed E-state index contributed by atoms with van der Waals surface area (Å²) in [7, 11) is 2.48. The summed E-state index contributed by atoms with van der Waals surface area (Å²) in [5, 5.41) is 8.72. The van der Waals surface area contributed by atoms with E-state index in [-0.39, 0.29) is 5.78 Å². The second kappa shape index (κ2) is 4.89. The van der Waals surface area contributed by atoms with Gasteiger partial charge >= 0.3 is 0 Å². The van der Waals surface area contributed by atoms with Crippen LogP contribution in [-0.4, -0.2) is 23.2 Å². The number of carbonyl (C=O) groups excluding carboxylic acids is 1. The summed E-state index contributed by atoms with van der Waals surface area (Å²) >= 11 is 0. The lowest BCUT2D eigenvalue weighted by molar-refractivity contribution is -0.120. The molecule has 0 aliphatic heterocycles. The topological polar surface area (TPSA) is 37.3 Å². The molecule has 2 nitrogen and oxygen atoms in total. The summed E-state index contributed by atoms with van der Waals surface area (Å²) in [6.07, 6.45) is 1.18. The molecule has 2 atom stereocenters. The van der Waals surface area contributed by atoms with Crippen molar-refractivity contribution in [2.24, 2.45) is 0 Å². The smallest absolute Gasteiger partial charge is 0.135 e. The van der Waals surface area contributed by atoms with Crippen molar-refractivity contribution >= 4 is 15.0 Å². The van der Waals surface area contributed by atoms with Gasteiger partial charge in [0.1, 0.15) is 5.78 Å². The average molecular weight is 148 g/mol. The Hall–Kier alpha value is 0.0600. The lowest BCUT2D eigenvalue weighted by Gasteiger charge is -1.99. The monoisotopic (exact) mass is 148 g/mol. The summed E-state index contributed by atoms with van der Waals surface area (Å²) in [6, 6.07) is 0. The lowest BCUT2D eigenvalue weighted by atomic mass is 10.2. The Bertz CT molecular complexity index is 91.1. The van der Waals surface area contributed by atoms with E-state index in [0.29, 0.717) is 12.8 Å². The number of aliphatic hydroxyl groups excluding tert-OH is 1. The molecule has 0 fully saturated rings. The Kier molecular flexibility index (Phi) is 4.93. The van der Waals surface area contributed by atoms with Crippen LogP contribution in [0.2, 0.25) is 0 Å². The van der Waals surface area contributed by atoms with Crippen molar-refractivity contribution in [1.29, 1.82) is 0 Å². The van der Waals surface area contributed by atoms with E-state index in [4.69, 9.17) is 5.11 Å².